The standard InChI is InChI=1S/4C25H19.2C7H8Si.2ClH.2Zr/c4*1-2-17-14-18-10-7-13-23(24(18)15-17)25-21-11-5-3-8-19(21)16-20-9-4-6-12-22(20)25;2*1-8-7-5-3-2-4-6-7;;;;/h4*3-16H,2H2,1H3;2*2-6H,1H3;2*1H;;/q4*-1;;;;;2*+2/p-2. The van der Waals surface area contributed by atoms with E-state index in [1.54, 1.807) is 57.0 Å². The van der Waals surface area contributed by atoms with Crippen LogP contribution in [0.25, 0.3) is 174 Å². The van der Waals surface area contributed by atoms with Crippen LogP contribution in [0, 0.1) is 0 Å². The van der Waals surface area contributed by atoms with Gasteiger partial charge in [-0.15, -0.1) is 138 Å². The topological polar surface area (TPSA) is 0 Å². The third-order valence-corrected chi connectivity index (χ3v) is 30.1. The maximum atomic E-state index is 2.36. The zero-order valence-corrected chi connectivity index (χ0v) is 77.1. The molecule has 0 radical (unpaired) electrons. The summed E-state index contributed by atoms with van der Waals surface area (Å²) in [5, 5.41) is 34.9. The predicted molar refractivity (Wildman–Crippen MR) is 513 cm³/mol. The van der Waals surface area contributed by atoms with Crippen molar-refractivity contribution in [2.24, 2.45) is 0 Å². The first kappa shape index (κ1) is 84.3. The molecule has 0 bridgehead atoms. The number of hydrogen-bond donors (Lipinski definition) is 0. The third kappa shape index (κ3) is 17.7. The van der Waals surface area contributed by atoms with E-state index in [9.17, 15) is 0 Å². The van der Waals surface area contributed by atoms with Crippen molar-refractivity contribution < 1.29 is 71.5 Å². The van der Waals surface area contributed by atoms with E-state index in [2.05, 4.69) is 441 Å². The Bertz CT molecular complexity index is 6390. The monoisotopic (exact) mass is 1770 g/mol. The normalized spacial score (nSPS) is 11.0. The Morgan fingerprint density at radius 3 is 0.542 bits per heavy atom. The van der Waals surface area contributed by atoms with Crippen molar-refractivity contribution in [2.75, 3.05) is 0 Å². The summed E-state index contributed by atoms with van der Waals surface area (Å²) in [6, 6.07) is 146. The minimum absolute atomic E-state index is 0. The Labute approximate surface area is 748 Å². The molecule has 0 unspecified atom stereocenters. The number of fused-ring (bicyclic) bond motifs is 12. The number of aryl methyl sites for hydroxylation is 4. The number of rotatable bonds is 10. The summed E-state index contributed by atoms with van der Waals surface area (Å²) in [6.07, 6.45) is 4.30. The van der Waals surface area contributed by atoms with Crippen molar-refractivity contribution in [2.45, 2.75) is 66.5 Å². The first-order valence-electron chi connectivity index (χ1n) is 41.6. The van der Waals surface area contributed by atoms with Gasteiger partial charge in [-0.1, -0.05) is 268 Å². The van der Waals surface area contributed by atoms with Crippen LogP contribution in [0.15, 0.2) is 400 Å². The van der Waals surface area contributed by atoms with E-state index in [-0.39, 0.29) is 35.7 Å². The van der Waals surface area contributed by atoms with Crippen molar-refractivity contribution in [3.8, 4) is 44.5 Å². The smallest absolute Gasteiger partial charge is 1.00 e. The Morgan fingerprint density at radius 2 is 0.375 bits per heavy atom. The summed E-state index contributed by atoms with van der Waals surface area (Å²) in [4.78, 5) is 0. The van der Waals surface area contributed by atoms with Crippen molar-refractivity contribution in [1.82, 2.24) is 0 Å². The van der Waals surface area contributed by atoms with Crippen LogP contribution in [-0.2, 0) is 72.4 Å². The van der Waals surface area contributed by atoms with Crippen LogP contribution in [0.3, 0.4) is 0 Å². The molecule has 0 aromatic heterocycles. The zero-order valence-electron chi connectivity index (χ0n) is 68.7. The number of halogens is 2. The van der Waals surface area contributed by atoms with Gasteiger partial charge in [0.2, 0.25) is 0 Å². The average molecular weight is 1770 g/mol. The van der Waals surface area contributed by atoms with Crippen LogP contribution >= 0.6 is 0 Å². The van der Waals surface area contributed by atoms with Crippen LogP contribution in [0.4, 0.5) is 0 Å². The Morgan fingerprint density at radius 1 is 0.200 bits per heavy atom. The van der Waals surface area contributed by atoms with E-state index in [0.717, 1.165) is 25.7 Å². The molecule has 580 valence electrons. The van der Waals surface area contributed by atoms with Crippen molar-refractivity contribution in [1.29, 1.82) is 0 Å². The summed E-state index contributed by atoms with van der Waals surface area (Å²) in [6.45, 7) is 13.6. The fraction of sp³-hybridized carbons (Fsp3) is 0.0877. The fourth-order valence-corrected chi connectivity index (χ4v) is 21.3. The van der Waals surface area contributed by atoms with Gasteiger partial charge in [0.25, 0.3) is 0 Å². The molecule has 0 fully saturated rings. The quantitative estimate of drug-likeness (QED) is 0.0727. The van der Waals surface area contributed by atoms with Gasteiger partial charge in [-0.05, 0) is 158 Å². The molecule has 0 saturated carbocycles. The van der Waals surface area contributed by atoms with Gasteiger partial charge < -0.3 is 24.8 Å². The van der Waals surface area contributed by atoms with Crippen molar-refractivity contribution in [3.63, 3.8) is 0 Å². The average Bonchev–Trinajstić information content (AvgIpc) is 1.52. The number of hydrogen-bond acceptors (Lipinski definition) is 0. The Balaban J connectivity index is 0.000000116. The molecular formula is C114H92Cl2Si2Zr2-2. The molecule has 22 rings (SSSR count). The van der Waals surface area contributed by atoms with Gasteiger partial charge in [0, 0.05) is 0 Å². The third-order valence-electron chi connectivity index (χ3n) is 23.5. The Kier molecular flexibility index (Phi) is 27.2. The SMILES string of the molecule is CCc1cc2c(-c3c4ccccc4cc4ccccc34)cccc2[cH-]1.CCc1cc2c(-c3c4ccccc4cc4ccccc34)cccc2[cH-]1.CCc1cc2c(-c3c4ccccc4cc4ccccc34)cccc2[cH-]1.CCc1cc2c(-c3c4ccccc4cc4ccccc34)cccc2[cH-]1.C[Si](=[Zr+2])c1ccccc1.C[Si](=[Zr+2])c1ccccc1.[Cl-].[Cl-]. The van der Waals surface area contributed by atoms with E-state index in [0.29, 0.717) is 0 Å². The molecule has 0 spiro atoms. The molecule has 0 saturated heterocycles. The van der Waals surface area contributed by atoms with Crippen LogP contribution in [0.2, 0.25) is 13.1 Å². The van der Waals surface area contributed by atoms with Gasteiger partial charge in [-0.25, -0.2) is 0 Å². The van der Waals surface area contributed by atoms with Gasteiger partial charge in [0.05, 0.1) is 0 Å². The molecule has 22 aromatic rings. The van der Waals surface area contributed by atoms with Gasteiger partial charge in [-0.2, -0.15) is 24.3 Å². The Hall–Kier alpha value is -10.7. The molecule has 0 aliphatic carbocycles. The van der Waals surface area contributed by atoms with E-state index < -0.39 is 0 Å². The maximum Gasteiger partial charge on any atom is -1.00 e. The van der Waals surface area contributed by atoms with Gasteiger partial charge in [0.1, 0.15) is 0 Å². The summed E-state index contributed by atoms with van der Waals surface area (Å²) in [5.74, 6) is 0. The molecule has 0 N–H and O–H groups in total. The summed E-state index contributed by atoms with van der Waals surface area (Å²) in [5.41, 5.74) is 16.2. The minimum Gasteiger partial charge on any atom is -1.00 e. The molecule has 0 amide bonds. The van der Waals surface area contributed by atoms with E-state index in [1.807, 2.05) is 0 Å². The number of benzene rings is 18. The molecule has 22 aromatic carbocycles. The largest absolute Gasteiger partial charge is 1.00 e. The van der Waals surface area contributed by atoms with E-state index in [4.69, 9.17) is 0 Å². The molecular weight excluding hydrogens is 1680 g/mol. The van der Waals surface area contributed by atoms with Crippen LogP contribution in [-0.4, -0.2) is 10.9 Å². The fourth-order valence-electron chi connectivity index (χ4n) is 17.5. The van der Waals surface area contributed by atoms with Gasteiger partial charge >= 0.3 is 142 Å². The van der Waals surface area contributed by atoms with Crippen LogP contribution in [0.1, 0.15) is 49.9 Å². The van der Waals surface area contributed by atoms with E-state index in [1.165, 1.54) is 196 Å². The first-order chi connectivity index (χ1) is 58.0. The molecule has 6 heteroatoms. The summed E-state index contributed by atoms with van der Waals surface area (Å²) in [7, 11) is 0. The summed E-state index contributed by atoms with van der Waals surface area (Å²) >= 11 is 3.38. The van der Waals surface area contributed by atoms with Crippen LogP contribution < -0.4 is 35.2 Å². The molecule has 0 aliphatic heterocycles. The second-order valence-corrected chi connectivity index (χ2v) is 45.6. The van der Waals surface area contributed by atoms with Crippen molar-refractivity contribution >= 4 is 151 Å². The predicted octanol–water partition coefficient (Wildman–Crippen LogP) is 24.5. The van der Waals surface area contributed by atoms with Crippen LogP contribution in [0.5, 0.6) is 0 Å². The molecule has 0 nitrogen and oxygen atoms in total. The van der Waals surface area contributed by atoms with Gasteiger partial charge in [-0.3, -0.25) is 0 Å². The van der Waals surface area contributed by atoms with Crippen molar-refractivity contribution in [3.05, 3.63) is 423 Å². The minimum atomic E-state index is -0.122. The molecule has 0 atom stereocenters. The summed E-state index contributed by atoms with van der Waals surface area (Å²) < 4.78 is 0. The molecule has 0 aliphatic rings. The van der Waals surface area contributed by atoms with Gasteiger partial charge in [0.15, 0.2) is 0 Å². The molecule has 120 heavy (non-hydrogen) atoms. The second kappa shape index (κ2) is 38.8. The second-order valence-electron chi connectivity index (χ2n) is 30.9. The first-order valence-corrected chi connectivity index (χ1v) is 53.0. The maximum absolute atomic E-state index is 2.36. The zero-order chi connectivity index (χ0) is 80.6. The van der Waals surface area contributed by atoms with E-state index >= 15 is 0 Å². The molecule has 0 heterocycles.